The molecule has 2 nitrogen and oxygen atoms in total. The molecular formula is C25H22O2S3. The third-order valence-corrected chi connectivity index (χ3v) is 8.04. The van der Waals surface area contributed by atoms with Gasteiger partial charge in [0.05, 0.1) is 4.88 Å². The molecule has 3 aromatic heterocycles. The Morgan fingerprint density at radius 1 is 0.800 bits per heavy atom. The van der Waals surface area contributed by atoms with Gasteiger partial charge in [-0.15, -0.1) is 34.0 Å². The number of aliphatic hydroxyl groups excluding tert-OH is 1. The molecule has 0 radical (unpaired) electrons. The summed E-state index contributed by atoms with van der Waals surface area (Å²) in [6.07, 6.45) is 1.33. The zero-order chi connectivity index (χ0) is 21.4. The van der Waals surface area contributed by atoms with Gasteiger partial charge in [0.25, 0.3) is 0 Å². The summed E-state index contributed by atoms with van der Waals surface area (Å²) in [5, 5.41) is 10.4. The molecule has 0 spiro atoms. The number of carbonyl (C=O) groups is 1. The molecule has 3 heterocycles. The van der Waals surface area contributed by atoms with Gasteiger partial charge in [-0.25, -0.2) is 0 Å². The molecule has 30 heavy (non-hydrogen) atoms. The lowest BCUT2D eigenvalue weighted by Crippen LogP contribution is -1.93. The molecule has 1 N–H and O–H groups in total. The lowest BCUT2D eigenvalue weighted by molar-refractivity contribution is 0.105. The average molecular weight is 451 g/mol. The van der Waals surface area contributed by atoms with Crippen LogP contribution in [0.2, 0.25) is 0 Å². The molecule has 1 aromatic carbocycles. The molecule has 0 bridgehead atoms. The number of aliphatic hydroxyl groups is 1. The third kappa shape index (κ3) is 4.06. The van der Waals surface area contributed by atoms with Crippen LogP contribution in [0.15, 0.2) is 54.6 Å². The Labute approximate surface area is 188 Å². The van der Waals surface area contributed by atoms with E-state index in [9.17, 15) is 9.90 Å². The third-order valence-electron chi connectivity index (χ3n) is 4.93. The zero-order valence-electron chi connectivity index (χ0n) is 17.3. The van der Waals surface area contributed by atoms with Crippen LogP contribution in [0.5, 0.6) is 0 Å². The van der Waals surface area contributed by atoms with E-state index in [4.69, 9.17) is 0 Å². The van der Waals surface area contributed by atoms with Crippen molar-refractivity contribution in [3.63, 3.8) is 0 Å². The molecule has 0 atom stereocenters. The van der Waals surface area contributed by atoms with Gasteiger partial charge in [-0.05, 0) is 51.5 Å². The molecule has 0 amide bonds. The van der Waals surface area contributed by atoms with Gasteiger partial charge in [0.1, 0.15) is 5.76 Å². The Bertz CT molecular complexity index is 1190. The fourth-order valence-electron chi connectivity index (χ4n) is 3.55. The molecule has 152 valence electrons. The van der Waals surface area contributed by atoms with Gasteiger partial charge in [-0.1, -0.05) is 30.3 Å². The van der Waals surface area contributed by atoms with E-state index in [1.54, 1.807) is 34.8 Å². The number of hydrogen-bond acceptors (Lipinski definition) is 5. The smallest absolute Gasteiger partial charge is 0.199 e. The highest BCUT2D eigenvalue weighted by Gasteiger charge is 2.21. The molecule has 0 saturated carbocycles. The Morgan fingerprint density at radius 3 is 1.97 bits per heavy atom. The number of thiophene rings is 3. The van der Waals surface area contributed by atoms with Crippen LogP contribution in [0.4, 0.5) is 0 Å². The van der Waals surface area contributed by atoms with E-state index in [0.29, 0.717) is 10.4 Å². The molecular weight excluding hydrogens is 428 g/mol. The SMILES string of the molecule is Cc1cc(-c2cc(C(=O)/C=C(\O)c3ccccc3)sc2-c2cc(C)sc2C)c(C)s1. The number of hydrogen-bond donors (Lipinski definition) is 1. The zero-order valence-corrected chi connectivity index (χ0v) is 19.7. The van der Waals surface area contributed by atoms with Crippen LogP contribution in [0.1, 0.15) is 34.7 Å². The summed E-state index contributed by atoms with van der Waals surface area (Å²) in [5.74, 6) is -0.190. The topological polar surface area (TPSA) is 37.3 Å². The molecule has 0 fully saturated rings. The van der Waals surface area contributed by atoms with Crippen LogP contribution >= 0.6 is 34.0 Å². The Balaban J connectivity index is 1.82. The van der Waals surface area contributed by atoms with E-state index in [-0.39, 0.29) is 11.5 Å². The minimum Gasteiger partial charge on any atom is -0.507 e. The summed E-state index contributed by atoms with van der Waals surface area (Å²) in [6, 6.07) is 15.5. The maximum Gasteiger partial charge on any atom is 0.199 e. The first-order chi connectivity index (χ1) is 14.3. The van der Waals surface area contributed by atoms with Crippen LogP contribution in [0.3, 0.4) is 0 Å². The van der Waals surface area contributed by atoms with E-state index < -0.39 is 0 Å². The minimum atomic E-state index is -0.178. The highest BCUT2D eigenvalue weighted by molar-refractivity contribution is 7.19. The van der Waals surface area contributed by atoms with Gasteiger partial charge >= 0.3 is 0 Å². The standard InChI is InChI=1S/C25H22O2S3/c1-14-10-19(16(3)28-14)21-12-24(30-25(21)20-11-15(2)29-17(20)4)23(27)13-22(26)18-8-6-5-7-9-18/h5-13,26H,1-4H3/b22-13-. The number of carbonyl (C=O) groups excluding carboxylic acids is 1. The average Bonchev–Trinajstić information content (AvgIpc) is 3.38. The van der Waals surface area contributed by atoms with Crippen molar-refractivity contribution in [3.8, 4) is 21.6 Å². The minimum absolute atomic E-state index is 0.0118. The van der Waals surface area contributed by atoms with Crippen LogP contribution < -0.4 is 0 Å². The fraction of sp³-hybridized carbons (Fsp3) is 0.160. The van der Waals surface area contributed by atoms with Crippen molar-refractivity contribution in [3.05, 3.63) is 84.6 Å². The molecule has 0 saturated heterocycles. The first kappa shape index (κ1) is 20.8. The second-order valence-corrected chi connectivity index (χ2v) is 11.2. The summed E-state index contributed by atoms with van der Waals surface area (Å²) < 4.78 is 0. The first-order valence-electron chi connectivity index (χ1n) is 9.62. The Kier molecular flexibility index (Phi) is 5.78. The lowest BCUT2D eigenvalue weighted by Gasteiger charge is -2.03. The Hall–Kier alpha value is -2.47. The van der Waals surface area contributed by atoms with Crippen LogP contribution in [-0.2, 0) is 0 Å². The van der Waals surface area contributed by atoms with Gasteiger partial charge in [-0.2, -0.15) is 0 Å². The molecule has 4 rings (SSSR count). The van der Waals surface area contributed by atoms with E-state index in [1.807, 2.05) is 24.3 Å². The van der Waals surface area contributed by atoms with E-state index in [1.165, 1.54) is 48.0 Å². The molecule has 5 heteroatoms. The predicted molar refractivity (Wildman–Crippen MR) is 131 cm³/mol. The number of rotatable bonds is 5. The maximum absolute atomic E-state index is 13.0. The lowest BCUT2D eigenvalue weighted by atomic mass is 10.0. The molecule has 0 aliphatic carbocycles. The summed E-state index contributed by atoms with van der Waals surface area (Å²) in [6.45, 7) is 8.48. The highest BCUT2D eigenvalue weighted by Crippen LogP contribution is 2.45. The normalized spacial score (nSPS) is 11.8. The monoisotopic (exact) mass is 450 g/mol. The largest absolute Gasteiger partial charge is 0.507 e. The number of allylic oxidation sites excluding steroid dienone is 1. The van der Waals surface area contributed by atoms with E-state index in [2.05, 4.69) is 39.8 Å². The number of ketones is 1. The fourth-order valence-corrected chi connectivity index (χ4v) is 6.65. The summed E-state index contributed by atoms with van der Waals surface area (Å²) in [4.78, 5) is 19.8. The van der Waals surface area contributed by atoms with E-state index >= 15 is 0 Å². The second kappa shape index (κ2) is 8.34. The highest BCUT2D eigenvalue weighted by atomic mass is 32.1. The molecule has 0 unspecified atom stereocenters. The summed E-state index contributed by atoms with van der Waals surface area (Å²) in [5.41, 5.74) is 4.11. The van der Waals surface area contributed by atoms with Gasteiger partial charge < -0.3 is 5.11 Å². The van der Waals surface area contributed by atoms with Crippen molar-refractivity contribution in [1.82, 2.24) is 0 Å². The van der Waals surface area contributed by atoms with Gasteiger partial charge in [0, 0.05) is 47.2 Å². The van der Waals surface area contributed by atoms with Gasteiger partial charge in [-0.3, -0.25) is 4.79 Å². The molecule has 0 aliphatic rings. The van der Waals surface area contributed by atoms with Crippen molar-refractivity contribution in [2.45, 2.75) is 27.7 Å². The quantitative estimate of drug-likeness (QED) is 0.189. The predicted octanol–water partition coefficient (Wildman–Crippen LogP) is 8.22. The van der Waals surface area contributed by atoms with Crippen molar-refractivity contribution >= 4 is 45.6 Å². The van der Waals surface area contributed by atoms with Crippen molar-refractivity contribution in [1.29, 1.82) is 0 Å². The Morgan fingerprint density at radius 2 is 1.40 bits per heavy atom. The van der Waals surface area contributed by atoms with E-state index in [0.717, 1.165) is 10.4 Å². The van der Waals surface area contributed by atoms with Gasteiger partial charge in [0.15, 0.2) is 5.78 Å². The van der Waals surface area contributed by atoms with Crippen molar-refractivity contribution in [2.75, 3.05) is 0 Å². The maximum atomic E-state index is 13.0. The number of benzene rings is 1. The number of aryl methyl sites for hydroxylation is 4. The molecule has 0 aliphatic heterocycles. The summed E-state index contributed by atoms with van der Waals surface area (Å²) >= 11 is 5.05. The van der Waals surface area contributed by atoms with Crippen LogP contribution in [0.25, 0.3) is 27.3 Å². The van der Waals surface area contributed by atoms with Crippen molar-refractivity contribution in [2.24, 2.45) is 0 Å². The van der Waals surface area contributed by atoms with Crippen LogP contribution in [0, 0.1) is 27.7 Å². The first-order valence-corrected chi connectivity index (χ1v) is 12.1. The van der Waals surface area contributed by atoms with Crippen LogP contribution in [-0.4, -0.2) is 10.9 Å². The molecule has 4 aromatic rings. The second-order valence-electron chi connectivity index (χ2n) is 7.27. The summed E-state index contributed by atoms with van der Waals surface area (Å²) in [7, 11) is 0. The van der Waals surface area contributed by atoms with Crippen molar-refractivity contribution < 1.29 is 9.90 Å². The van der Waals surface area contributed by atoms with Gasteiger partial charge in [0.2, 0.25) is 0 Å².